The molecule has 0 N–H and O–H groups in total. The first kappa shape index (κ1) is 20.1. The molecule has 0 radical (unpaired) electrons. The molecule has 0 fully saturated rings. The maximum atomic E-state index is 13.0. The van der Waals surface area contributed by atoms with E-state index in [-0.39, 0.29) is 23.5 Å². The molecule has 0 saturated carbocycles. The van der Waals surface area contributed by atoms with Crippen LogP contribution in [-0.2, 0) is 28.9 Å². The van der Waals surface area contributed by atoms with Gasteiger partial charge in [0.05, 0.1) is 18.3 Å². The third-order valence-electron chi connectivity index (χ3n) is 5.57. The number of fused-ring (bicyclic) bond motifs is 3. The van der Waals surface area contributed by atoms with Crippen molar-refractivity contribution in [3.8, 4) is 0 Å². The summed E-state index contributed by atoms with van der Waals surface area (Å²) in [5.41, 5.74) is 1.30. The third-order valence-corrected chi connectivity index (χ3v) is 6.73. The molecule has 27 heavy (non-hydrogen) atoms. The number of carbonyl (C=O) groups excluding carboxylic acids is 1. The lowest BCUT2D eigenvalue weighted by atomic mass is 9.72. The Hall–Kier alpha value is -1.69. The Labute approximate surface area is 164 Å². The number of carbonyl (C=O) groups is 1. The van der Waals surface area contributed by atoms with Crippen molar-refractivity contribution in [2.75, 3.05) is 6.61 Å². The summed E-state index contributed by atoms with van der Waals surface area (Å²) in [5.74, 6) is 0.254. The number of nitrogens with zero attached hydrogens (tertiary/aromatic N) is 2. The van der Waals surface area contributed by atoms with Gasteiger partial charge in [-0.15, -0.1) is 11.3 Å². The highest BCUT2D eigenvalue weighted by molar-refractivity contribution is 7.18. The highest BCUT2D eigenvalue weighted by Gasteiger charge is 2.31. The van der Waals surface area contributed by atoms with Gasteiger partial charge >= 0.3 is 5.97 Å². The monoisotopic (exact) mass is 390 g/mol. The van der Waals surface area contributed by atoms with Crippen LogP contribution in [0, 0.1) is 11.3 Å². The standard InChI is InChI=1S/C21H30N2O3S/c1-5-6-7-10-26-17(24)12-23-13-22-19-18(20(23)25)15-9-8-14(21(2,3)4)11-16(15)27-19/h13-14H,5-12H2,1-4H3/t14-/m0/s1. The van der Waals surface area contributed by atoms with Gasteiger partial charge in [0.25, 0.3) is 5.56 Å². The van der Waals surface area contributed by atoms with E-state index in [0.29, 0.717) is 17.9 Å². The van der Waals surface area contributed by atoms with E-state index in [9.17, 15) is 9.59 Å². The smallest absolute Gasteiger partial charge is 0.326 e. The van der Waals surface area contributed by atoms with Gasteiger partial charge in [-0.2, -0.15) is 0 Å². The van der Waals surface area contributed by atoms with Crippen molar-refractivity contribution < 1.29 is 9.53 Å². The van der Waals surface area contributed by atoms with Crippen LogP contribution < -0.4 is 5.56 Å². The summed E-state index contributed by atoms with van der Waals surface area (Å²) < 4.78 is 6.63. The van der Waals surface area contributed by atoms with Crippen LogP contribution >= 0.6 is 11.3 Å². The van der Waals surface area contributed by atoms with Crippen molar-refractivity contribution in [1.29, 1.82) is 0 Å². The molecule has 0 spiro atoms. The second-order valence-electron chi connectivity index (χ2n) is 8.59. The number of thiophene rings is 1. The van der Waals surface area contributed by atoms with E-state index in [2.05, 4.69) is 32.7 Å². The first-order valence-electron chi connectivity index (χ1n) is 9.96. The number of hydrogen-bond donors (Lipinski definition) is 0. The lowest BCUT2D eigenvalue weighted by molar-refractivity contribution is -0.144. The van der Waals surface area contributed by atoms with Gasteiger partial charge in [0.1, 0.15) is 11.4 Å². The van der Waals surface area contributed by atoms with E-state index in [1.165, 1.54) is 15.8 Å². The lowest BCUT2D eigenvalue weighted by Crippen LogP contribution is -2.28. The van der Waals surface area contributed by atoms with Crippen LogP contribution in [0.5, 0.6) is 0 Å². The summed E-state index contributed by atoms with van der Waals surface area (Å²) in [5, 5.41) is 0.712. The van der Waals surface area contributed by atoms with Gasteiger partial charge < -0.3 is 4.74 Å². The minimum atomic E-state index is -0.369. The molecular formula is C21H30N2O3S. The van der Waals surface area contributed by atoms with E-state index < -0.39 is 0 Å². The molecule has 0 aliphatic heterocycles. The summed E-state index contributed by atoms with van der Waals surface area (Å²) >= 11 is 1.64. The molecule has 1 aliphatic carbocycles. The van der Waals surface area contributed by atoms with Crippen molar-refractivity contribution in [2.45, 2.75) is 72.8 Å². The Morgan fingerprint density at radius 3 is 2.85 bits per heavy atom. The molecule has 0 saturated heterocycles. The van der Waals surface area contributed by atoms with Gasteiger partial charge in [-0.25, -0.2) is 4.98 Å². The normalized spacial score (nSPS) is 17.1. The molecule has 3 rings (SSSR count). The first-order valence-corrected chi connectivity index (χ1v) is 10.8. The Kier molecular flexibility index (Phi) is 6.04. The molecule has 6 heteroatoms. The highest BCUT2D eigenvalue weighted by atomic mass is 32.1. The molecule has 0 aromatic carbocycles. The minimum absolute atomic E-state index is 0.0663. The van der Waals surface area contributed by atoms with Crippen LogP contribution in [0.25, 0.3) is 10.2 Å². The Balaban J connectivity index is 1.80. The van der Waals surface area contributed by atoms with Crippen LogP contribution in [0.2, 0.25) is 0 Å². The second-order valence-corrected chi connectivity index (χ2v) is 9.68. The van der Waals surface area contributed by atoms with E-state index in [1.54, 1.807) is 11.3 Å². The zero-order chi connectivity index (χ0) is 19.6. The van der Waals surface area contributed by atoms with Crippen molar-refractivity contribution in [3.05, 3.63) is 27.1 Å². The fraction of sp³-hybridized carbons (Fsp3) is 0.667. The van der Waals surface area contributed by atoms with Gasteiger partial charge in [-0.3, -0.25) is 14.2 Å². The van der Waals surface area contributed by atoms with E-state index in [0.717, 1.165) is 48.9 Å². The number of ether oxygens (including phenoxy) is 1. The molecule has 1 atom stereocenters. The van der Waals surface area contributed by atoms with Gasteiger partial charge in [-0.1, -0.05) is 40.5 Å². The number of rotatable bonds is 6. The number of unbranched alkanes of at least 4 members (excludes halogenated alkanes) is 2. The van der Waals surface area contributed by atoms with Crippen LogP contribution in [0.3, 0.4) is 0 Å². The van der Waals surface area contributed by atoms with Gasteiger partial charge in [0.2, 0.25) is 0 Å². The Morgan fingerprint density at radius 1 is 1.37 bits per heavy atom. The molecule has 2 aromatic heterocycles. The highest BCUT2D eigenvalue weighted by Crippen LogP contribution is 2.41. The quantitative estimate of drug-likeness (QED) is 0.544. The first-order chi connectivity index (χ1) is 12.8. The molecule has 0 unspecified atom stereocenters. The predicted molar refractivity (Wildman–Crippen MR) is 109 cm³/mol. The summed E-state index contributed by atoms with van der Waals surface area (Å²) in [6.07, 6.45) is 7.49. The van der Waals surface area contributed by atoms with Gasteiger partial charge in [0, 0.05) is 4.88 Å². The topological polar surface area (TPSA) is 61.2 Å². The number of aromatic nitrogens is 2. The summed E-state index contributed by atoms with van der Waals surface area (Å²) in [6, 6.07) is 0. The third kappa shape index (κ3) is 4.42. The second kappa shape index (κ2) is 8.13. The minimum Gasteiger partial charge on any atom is -0.464 e. The lowest BCUT2D eigenvalue weighted by Gasteiger charge is -2.33. The average Bonchev–Trinajstić information content (AvgIpc) is 2.99. The Bertz CT molecular complexity index is 876. The van der Waals surface area contributed by atoms with Crippen molar-refractivity contribution in [1.82, 2.24) is 9.55 Å². The number of esters is 1. The molecular weight excluding hydrogens is 360 g/mol. The van der Waals surface area contributed by atoms with Gasteiger partial charge in [0.15, 0.2) is 0 Å². The van der Waals surface area contributed by atoms with Gasteiger partial charge in [-0.05, 0) is 42.6 Å². The number of aryl methyl sites for hydroxylation is 1. The predicted octanol–water partition coefficient (Wildman–Crippen LogP) is 4.34. The summed E-state index contributed by atoms with van der Waals surface area (Å²) in [4.78, 5) is 31.6. The van der Waals surface area contributed by atoms with Crippen molar-refractivity contribution in [2.24, 2.45) is 11.3 Å². The molecule has 2 aromatic rings. The van der Waals surface area contributed by atoms with Crippen molar-refractivity contribution >= 4 is 27.5 Å². The molecule has 2 heterocycles. The van der Waals surface area contributed by atoms with Crippen LogP contribution in [0.15, 0.2) is 11.1 Å². The maximum absolute atomic E-state index is 13.0. The van der Waals surface area contributed by atoms with E-state index >= 15 is 0 Å². The summed E-state index contributed by atoms with van der Waals surface area (Å²) in [7, 11) is 0. The summed E-state index contributed by atoms with van der Waals surface area (Å²) in [6.45, 7) is 9.31. The Morgan fingerprint density at radius 2 is 2.15 bits per heavy atom. The maximum Gasteiger partial charge on any atom is 0.326 e. The zero-order valence-corrected chi connectivity index (χ0v) is 17.7. The van der Waals surface area contributed by atoms with Crippen molar-refractivity contribution in [3.63, 3.8) is 0 Å². The number of hydrogen-bond acceptors (Lipinski definition) is 5. The largest absolute Gasteiger partial charge is 0.464 e. The fourth-order valence-corrected chi connectivity index (χ4v) is 5.03. The SMILES string of the molecule is CCCCCOC(=O)Cn1cnc2sc3c(c2c1=O)CC[C@H](C(C)(C)C)C3. The van der Waals surface area contributed by atoms with Crippen LogP contribution in [0.1, 0.15) is 63.8 Å². The molecule has 0 bridgehead atoms. The van der Waals surface area contributed by atoms with Crippen LogP contribution in [0.4, 0.5) is 0 Å². The molecule has 1 aliphatic rings. The van der Waals surface area contributed by atoms with E-state index in [4.69, 9.17) is 4.74 Å². The van der Waals surface area contributed by atoms with Crippen LogP contribution in [-0.4, -0.2) is 22.1 Å². The fourth-order valence-electron chi connectivity index (χ4n) is 3.78. The molecule has 148 valence electrons. The average molecular weight is 391 g/mol. The molecule has 5 nitrogen and oxygen atoms in total. The molecule has 0 amide bonds. The van der Waals surface area contributed by atoms with E-state index in [1.807, 2.05) is 0 Å². The zero-order valence-electron chi connectivity index (χ0n) is 16.8.